The number of carbonyl (C=O) groups excluding carboxylic acids is 1. The molecule has 0 atom stereocenters. The number of H-pyrrole nitrogens is 1. The summed E-state index contributed by atoms with van der Waals surface area (Å²) in [4.78, 5) is 23.0. The summed E-state index contributed by atoms with van der Waals surface area (Å²) in [5, 5.41) is 16.8. The average molecular weight is 417 g/mol. The fourth-order valence-electron chi connectivity index (χ4n) is 3.26. The van der Waals surface area contributed by atoms with E-state index in [1.165, 1.54) is 17.8 Å². The molecule has 2 N–H and O–H groups in total. The van der Waals surface area contributed by atoms with E-state index in [-0.39, 0.29) is 16.4 Å². The minimum absolute atomic E-state index is 0.148. The van der Waals surface area contributed by atoms with E-state index in [0.29, 0.717) is 31.0 Å². The van der Waals surface area contributed by atoms with E-state index in [1.807, 2.05) is 11.8 Å². The zero-order valence-electron chi connectivity index (χ0n) is 15.6. The molecule has 0 saturated carbocycles. The molecule has 1 aliphatic heterocycles. The van der Waals surface area contributed by atoms with Crippen LogP contribution in [-0.4, -0.2) is 49.6 Å². The van der Waals surface area contributed by atoms with Gasteiger partial charge in [0, 0.05) is 18.1 Å². The third-order valence-corrected chi connectivity index (χ3v) is 5.24. The lowest BCUT2D eigenvalue weighted by molar-refractivity contribution is -0.112. The van der Waals surface area contributed by atoms with Crippen LogP contribution in [0.3, 0.4) is 0 Å². The van der Waals surface area contributed by atoms with Crippen LogP contribution in [0, 0.1) is 0 Å². The average Bonchev–Trinajstić information content (AvgIpc) is 3.24. The van der Waals surface area contributed by atoms with E-state index in [9.17, 15) is 9.18 Å². The minimum Gasteiger partial charge on any atom is -0.333 e. The number of amides is 1. The van der Waals surface area contributed by atoms with Crippen molar-refractivity contribution in [3.8, 4) is 0 Å². The van der Waals surface area contributed by atoms with Gasteiger partial charge in [-0.05, 0) is 43.0 Å². The van der Waals surface area contributed by atoms with Crippen molar-refractivity contribution in [1.82, 2.24) is 30.6 Å². The molecule has 0 radical (unpaired) electrons. The molecule has 150 valence electrons. The molecule has 2 aromatic heterocycles. The Kier molecular flexibility index (Phi) is 5.34. The maximum atomic E-state index is 13.9. The third kappa shape index (κ3) is 4.02. The maximum Gasteiger partial charge on any atom is 0.266 e. The fraction of sp³-hybridized carbons (Fsp3) is 0.333. The monoisotopic (exact) mass is 416 g/mol. The van der Waals surface area contributed by atoms with Crippen LogP contribution in [0.1, 0.15) is 31.9 Å². The SMILES string of the molecule is CC1=C(c2cnc(NC(=O)C3=C(Cl)CCC=C3F)cn2)CN(c2nn[nH]n2)CC1. The van der Waals surface area contributed by atoms with Gasteiger partial charge in [-0.2, -0.15) is 5.21 Å². The van der Waals surface area contributed by atoms with Gasteiger partial charge >= 0.3 is 0 Å². The number of aromatic nitrogens is 6. The number of anilines is 2. The molecule has 0 saturated heterocycles. The lowest BCUT2D eigenvalue weighted by Gasteiger charge is -2.28. The third-order valence-electron chi connectivity index (χ3n) is 4.87. The standard InChI is InChI=1S/C18H18ClFN8O/c1-10-5-6-28(18-24-26-27-25-18)9-11(10)14-7-22-15(8-21-14)23-17(29)16-12(19)3-2-4-13(16)20/h4,7-8H,2-3,5-6,9H2,1H3,(H,22,23,29)(H,24,25,26,27). The molecule has 0 aromatic carbocycles. The predicted octanol–water partition coefficient (Wildman–Crippen LogP) is 2.75. The van der Waals surface area contributed by atoms with Crippen LogP contribution in [0.5, 0.6) is 0 Å². The summed E-state index contributed by atoms with van der Waals surface area (Å²) in [6, 6.07) is 0. The Bertz CT molecular complexity index is 1010. The fourth-order valence-corrected chi connectivity index (χ4v) is 3.55. The van der Waals surface area contributed by atoms with Crippen LogP contribution in [0.2, 0.25) is 0 Å². The van der Waals surface area contributed by atoms with E-state index in [0.717, 1.165) is 18.5 Å². The van der Waals surface area contributed by atoms with E-state index in [4.69, 9.17) is 11.6 Å². The van der Waals surface area contributed by atoms with E-state index in [2.05, 4.69) is 35.9 Å². The van der Waals surface area contributed by atoms with Crippen LogP contribution in [0.4, 0.5) is 16.2 Å². The van der Waals surface area contributed by atoms with Gasteiger partial charge in [0.05, 0.1) is 23.7 Å². The lowest BCUT2D eigenvalue weighted by Crippen LogP contribution is -2.32. The van der Waals surface area contributed by atoms with Gasteiger partial charge in [-0.25, -0.2) is 9.37 Å². The van der Waals surface area contributed by atoms with Gasteiger partial charge in [0.2, 0.25) is 0 Å². The Morgan fingerprint density at radius 3 is 2.86 bits per heavy atom. The highest BCUT2D eigenvalue weighted by Crippen LogP contribution is 2.30. The second-order valence-electron chi connectivity index (χ2n) is 6.75. The molecular weight excluding hydrogens is 399 g/mol. The Hall–Kier alpha value is -3.14. The number of allylic oxidation sites excluding steroid dienone is 2. The number of halogens is 2. The van der Waals surface area contributed by atoms with Gasteiger partial charge in [-0.3, -0.25) is 9.78 Å². The smallest absolute Gasteiger partial charge is 0.266 e. The van der Waals surface area contributed by atoms with Crippen molar-refractivity contribution in [3.05, 3.63) is 46.2 Å². The first kappa shape index (κ1) is 19.2. The molecule has 0 unspecified atom stereocenters. The number of aromatic amines is 1. The van der Waals surface area contributed by atoms with Gasteiger partial charge < -0.3 is 10.2 Å². The van der Waals surface area contributed by atoms with Crippen LogP contribution in [0.25, 0.3) is 5.57 Å². The number of tetrazole rings is 1. The van der Waals surface area contributed by atoms with Crippen molar-refractivity contribution < 1.29 is 9.18 Å². The molecule has 2 aromatic rings. The van der Waals surface area contributed by atoms with E-state index < -0.39 is 11.7 Å². The summed E-state index contributed by atoms with van der Waals surface area (Å²) in [6.07, 6.45) is 6.13. The molecular formula is C18H18ClFN8O. The first-order chi connectivity index (χ1) is 14.0. The Morgan fingerprint density at radius 2 is 2.17 bits per heavy atom. The first-order valence-corrected chi connectivity index (χ1v) is 9.46. The molecule has 29 heavy (non-hydrogen) atoms. The molecule has 4 rings (SSSR count). The van der Waals surface area contributed by atoms with Gasteiger partial charge in [-0.15, -0.1) is 5.10 Å². The molecule has 1 aliphatic carbocycles. The summed E-state index contributed by atoms with van der Waals surface area (Å²) in [5.41, 5.74) is 2.75. The van der Waals surface area contributed by atoms with E-state index >= 15 is 0 Å². The molecule has 1 amide bonds. The van der Waals surface area contributed by atoms with Crippen LogP contribution < -0.4 is 10.2 Å². The van der Waals surface area contributed by atoms with Gasteiger partial charge in [0.15, 0.2) is 5.82 Å². The Labute approximate surface area is 170 Å². The topological polar surface area (TPSA) is 113 Å². The maximum absolute atomic E-state index is 13.9. The van der Waals surface area contributed by atoms with Crippen molar-refractivity contribution in [2.24, 2.45) is 0 Å². The molecule has 0 spiro atoms. The molecule has 2 aliphatic rings. The Balaban J connectivity index is 1.49. The second-order valence-corrected chi connectivity index (χ2v) is 7.21. The lowest BCUT2D eigenvalue weighted by atomic mass is 9.99. The van der Waals surface area contributed by atoms with Crippen molar-refractivity contribution >= 4 is 34.8 Å². The quantitative estimate of drug-likeness (QED) is 0.787. The summed E-state index contributed by atoms with van der Waals surface area (Å²) in [5.74, 6) is -0.507. The summed E-state index contributed by atoms with van der Waals surface area (Å²) in [7, 11) is 0. The van der Waals surface area contributed by atoms with Crippen molar-refractivity contribution in [2.45, 2.75) is 26.2 Å². The zero-order chi connectivity index (χ0) is 20.4. The van der Waals surface area contributed by atoms with Gasteiger partial charge in [0.1, 0.15) is 5.83 Å². The number of hydrogen-bond acceptors (Lipinski definition) is 7. The van der Waals surface area contributed by atoms with Crippen LogP contribution in [0.15, 0.2) is 40.5 Å². The molecule has 3 heterocycles. The van der Waals surface area contributed by atoms with E-state index in [1.54, 1.807) is 6.20 Å². The molecule has 0 bridgehead atoms. The zero-order valence-corrected chi connectivity index (χ0v) is 16.4. The van der Waals surface area contributed by atoms with Gasteiger partial charge in [0.25, 0.3) is 11.9 Å². The largest absolute Gasteiger partial charge is 0.333 e. The molecule has 9 nitrogen and oxygen atoms in total. The normalized spacial score (nSPS) is 17.5. The summed E-state index contributed by atoms with van der Waals surface area (Å²) >= 11 is 6.01. The van der Waals surface area contributed by atoms with Crippen molar-refractivity contribution in [1.29, 1.82) is 0 Å². The molecule has 11 heteroatoms. The highest BCUT2D eigenvalue weighted by Gasteiger charge is 2.24. The van der Waals surface area contributed by atoms with Crippen LogP contribution >= 0.6 is 11.6 Å². The second kappa shape index (κ2) is 8.08. The first-order valence-electron chi connectivity index (χ1n) is 9.08. The Morgan fingerprint density at radius 1 is 1.31 bits per heavy atom. The predicted molar refractivity (Wildman–Crippen MR) is 106 cm³/mol. The molecule has 0 fully saturated rings. The summed E-state index contributed by atoms with van der Waals surface area (Å²) in [6.45, 7) is 3.41. The van der Waals surface area contributed by atoms with Crippen molar-refractivity contribution in [3.63, 3.8) is 0 Å². The highest BCUT2D eigenvalue weighted by molar-refractivity contribution is 6.33. The number of rotatable bonds is 4. The number of nitrogens with zero attached hydrogens (tertiary/aromatic N) is 6. The van der Waals surface area contributed by atoms with Crippen LogP contribution in [-0.2, 0) is 4.79 Å². The van der Waals surface area contributed by atoms with Gasteiger partial charge in [-0.1, -0.05) is 22.3 Å². The minimum atomic E-state index is -0.637. The number of hydrogen-bond donors (Lipinski definition) is 2. The number of nitrogens with one attached hydrogen (secondary N) is 2. The van der Waals surface area contributed by atoms with Crippen molar-refractivity contribution in [2.75, 3.05) is 23.3 Å². The number of carbonyl (C=O) groups is 1. The highest BCUT2D eigenvalue weighted by atomic mass is 35.5. The summed E-state index contributed by atoms with van der Waals surface area (Å²) < 4.78 is 13.9.